The van der Waals surface area contributed by atoms with Crippen LogP contribution in [0.4, 0.5) is 0 Å². The van der Waals surface area contributed by atoms with Crippen molar-refractivity contribution in [3.63, 3.8) is 0 Å². The lowest BCUT2D eigenvalue weighted by Gasteiger charge is -2.33. The molecule has 1 aromatic heterocycles. The van der Waals surface area contributed by atoms with E-state index in [1.54, 1.807) is 17.8 Å². The lowest BCUT2D eigenvalue weighted by molar-refractivity contribution is -0.167. The molecule has 2 heterocycles. The standard InChI is InChI=1S/C51H75N9O9/c1-9-36(7)60-32-39(57-58-60)30-44(61)52-31-46(63)69-51(8,10-2)47(64)41(27-34(3)4)54-50(67)43(29-38-19-15-12-16-20-38)56-49(66)42(28-35(5)6)55-48(65)40(22-21-37-17-13-11-14-18-37)53-45(62)33-59-23-25-68-26-24-59/h11-20,32,34-36,40-43H,9-10,21-31,33H2,1-8H3,(H,52,61)(H,53,62)(H,54,67)(H,55,65)(H,56,66)/t36?,40-,41-,42-,43-,51?/m0/s1. The highest BCUT2D eigenvalue weighted by molar-refractivity contribution is 5.99. The molecule has 0 spiro atoms. The van der Waals surface area contributed by atoms with Crippen LogP contribution < -0.4 is 26.6 Å². The molecule has 69 heavy (non-hydrogen) atoms. The molecule has 1 saturated heterocycles. The van der Waals surface area contributed by atoms with Crippen LogP contribution in [0.25, 0.3) is 0 Å². The molecule has 2 unspecified atom stereocenters. The second kappa shape index (κ2) is 27.9. The maximum absolute atomic E-state index is 14.5. The minimum Gasteiger partial charge on any atom is -0.450 e. The number of hydrogen-bond acceptors (Lipinski definition) is 12. The summed E-state index contributed by atoms with van der Waals surface area (Å²) in [6, 6.07) is 14.4. The van der Waals surface area contributed by atoms with Crippen molar-refractivity contribution >= 4 is 41.3 Å². The highest BCUT2D eigenvalue weighted by Crippen LogP contribution is 2.23. The summed E-state index contributed by atoms with van der Waals surface area (Å²) in [5.74, 6) is -4.16. The van der Waals surface area contributed by atoms with Gasteiger partial charge >= 0.3 is 5.97 Å². The highest BCUT2D eigenvalue weighted by atomic mass is 16.6. The summed E-state index contributed by atoms with van der Waals surface area (Å²) >= 11 is 0. The zero-order chi connectivity index (χ0) is 50.5. The number of aryl methyl sites for hydroxylation is 1. The number of benzene rings is 2. The van der Waals surface area contributed by atoms with Gasteiger partial charge in [0.1, 0.15) is 24.7 Å². The summed E-state index contributed by atoms with van der Waals surface area (Å²) < 4.78 is 12.9. The third-order valence-corrected chi connectivity index (χ3v) is 12.2. The zero-order valence-electron chi connectivity index (χ0n) is 41.8. The molecule has 0 aliphatic carbocycles. The van der Waals surface area contributed by atoms with E-state index in [1.807, 2.05) is 107 Å². The van der Waals surface area contributed by atoms with Crippen molar-refractivity contribution in [1.82, 2.24) is 46.5 Å². The minimum atomic E-state index is -1.69. The number of ketones is 1. The summed E-state index contributed by atoms with van der Waals surface area (Å²) in [5, 5.41) is 22.2. The number of aromatic nitrogens is 3. The second-order valence-corrected chi connectivity index (χ2v) is 19.0. The molecule has 6 atom stereocenters. The Balaban J connectivity index is 1.50. The third-order valence-electron chi connectivity index (χ3n) is 12.2. The minimum absolute atomic E-state index is 0.0499. The first-order valence-electron chi connectivity index (χ1n) is 24.4. The van der Waals surface area contributed by atoms with Crippen LogP contribution in [-0.2, 0) is 62.3 Å². The van der Waals surface area contributed by atoms with Gasteiger partial charge in [0.15, 0.2) is 11.4 Å². The number of nitrogens with zero attached hydrogens (tertiary/aromatic N) is 4. The molecule has 2 aromatic carbocycles. The quantitative estimate of drug-likeness (QED) is 0.0660. The van der Waals surface area contributed by atoms with Crippen molar-refractivity contribution in [2.24, 2.45) is 11.8 Å². The number of nitrogens with one attached hydrogen (secondary N) is 5. The predicted molar refractivity (Wildman–Crippen MR) is 260 cm³/mol. The summed E-state index contributed by atoms with van der Waals surface area (Å²) in [7, 11) is 0. The monoisotopic (exact) mass is 958 g/mol. The first kappa shape index (κ1) is 55.6. The summed E-state index contributed by atoms with van der Waals surface area (Å²) in [5.41, 5.74) is 0.461. The van der Waals surface area contributed by atoms with Gasteiger partial charge in [-0.15, -0.1) is 5.10 Å². The molecule has 0 saturated carbocycles. The van der Waals surface area contributed by atoms with Crippen molar-refractivity contribution in [1.29, 1.82) is 0 Å². The molecule has 0 bridgehead atoms. The van der Waals surface area contributed by atoms with Crippen molar-refractivity contribution in [2.75, 3.05) is 39.4 Å². The van der Waals surface area contributed by atoms with E-state index < -0.39 is 71.7 Å². The fourth-order valence-corrected chi connectivity index (χ4v) is 7.86. The molecule has 18 nitrogen and oxygen atoms in total. The van der Waals surface area contributed by atoms with Crippen LogP contribution in [0, 0.1) is 11.8 Å². The zero-order valence-corrected chi connectivity index (χ0v) is 41.8. The number of rotatable bonds is 28. The molecule has 0 radical (unpaired) electrons. The molecule has 378 valence electrons. The molecular weight excluding hydrogens is 883 g/mol. The number of carbonyl (C=O) groups is 7. The average molecular weight is 958 g/mol. The molecule has 4 rings (SSSR count). The number of ether oxygens (including phenoxy) is 2. The maximum Gasteiger partial charge on any atom is 0.326 e. The summed E-state index contributed by atoms with van der Waals surface area (Å²) in [6.45, 7) is 16.5. The number of carbonyl (C=O) groups excluding carboxylic acids is 7. The fraction of sp³-hybridized carbons (Fsp3) is 0.588. The van der Waals surface area contributed by atoms with Gasteiger partial charge in [0, 0.05) is 25.7 Å². The van der Waals surface area contributed by atoms with E-state index >= 15 is 0 Å². The van der Waals surface area contributed by atoms with Crippen molar-refractivity contribution in [3.05, 3.63) is 83.7 Å². The lowest BCUT2D eigenvalue weighted by atomic mass is 9.87. The van der Waals surface area contributed by atoms with E-state index in [9.17, 15) is 33.6 Å². The Morgan fingerprint density at radius 2 is 1.29 bits per heavy atom. The first-order chi connectivity index (χ1) is 32.9. The van der Waals surface area contributed by atoms with Crippen LogP contribution in [0.15, 0.2) is 66.9 Å². The van der Waals surface area contributed by atoms with E-state index in [4.69, 9.17) is 9.47 Å². The SMILES string of the molecule is CCC(C)n1cc(CC(=O)NCC(=O)OC(C)(CC)C(=O)[C@H](CC(C)C)NC(=O)[C@H](Cc2ccccc2)NC(=O)[C@H](CC(C)C)NC(=O)[C@H](CCc2ccccc2)NC(=O)CN2CCOCC2)nn1. The van der Waals surface area contributed by atoms with Gasteiger partial charge in [0.2, 0.25) is 29.5 Å². The predicted octanol–water partition coefficient (Wildman–Crippen LogP) is 3.43. The van der Waals surface area contributed by atoms with Gasteiger partial charge in [0.25, 0.3) is 0 Å². The van der Waals surface area contributed by atoms with Gasteiger partial charge in [0.05, 0.1) is 44.0 Å². The Morgan fingerprint density at radius 1 is 0.725 bits per heavy atom. The van der Waals surface area contributed by atoms with Crippen LogP contribution in [-0.4, -0.2) is 130 Å². The first-order valence-corrected chi connectivity index (χ1v) is 24.4. The van der Waals surface area contributed by atoms with Crippen molar-refractivity contribution in [2.45, 2.75) is 143 Å². The average Bonchev–Trinajstić information content (AvgIpc) is 3.79. The van der Waals surface area contributed by atoms with Crippen LogP contribution in [0.3, 0.4) is 0 Å². The van der Waals surface area contributed by atoms with E-state index in [0.29, 0.717) is 38.4 Å². The van der Waals surface area contributed by atoms with Gasteiger partial charge in [-0.1, -0.05) is 107 Å². The Bertz CT molecular complexity index is 2130. The van der Waals surface area contributed by atoms with Gasteiger partial charge in [-0.05, 0) is 75.3 Å². The molecular formula is C51H75N9O9. The molecule has 1 aliphatic rings. The van der Waals surface area contributed by atoms with E-state index in [0.717, 1.165) is 17.5 Å². The molecule has 5 N–H and O–H groups in total. The number of morpholine rings is 1. The van der Waals surface area contributed by atoms with Gasteiger partial charge in [-0.3, -0.25) is 38.5 Å². The summed E-state index contributed by atoms with van der Waals surface area (Å²) in [6.07, 6.45) is 3.69. The Kier molecular flexibility index (Phi) is 22.4. The van der Waals surface area contributed by atoms with E-state index in [-0.39, 0.29) is 68.9 Å². The van der Waals surface area contributed by atoms with Gasteiger partial charge in [-0.2, -0.15) is 0 Å². The van der Waals surface area contributed by atoms with Gasteiger partial charge < -0.3 is 36.1 Å². The highest BCUT2D eigenvalue weighted by Gasteiger charge is 2.42. The largest absolute Gasteiger partial charge is 0.450 e. The molecule has 5 amide bonds. The maximum atomic E-state index is 14.5. The molecule has 3 aromatic rings. The van der Waals surface area contributed by atoms with Crippen LogP contribution >= 0.6 is 0 Å². The van der Waals surface area contributed by atoms with Gasteiger partial charge in [-0.25, -0.2) is 4.68 Å². The van der Waals surface area contributed by atoms with Crippen molar-refractivity contribution < 1.29 is 43.0 Å². The van der Waals surface area contributed by atoms with Crippen LogP contribution in [0.5, 0.6) is 0 Å². The number of esters is 1. The Labute approximate surface area is 407 Å². The van der Waals surface area contributed by atoms with Crippen LogP contribution in [0.1, 0.15) is 110 Å². The third kappa shape index (κ3) is 18.8. The number of Topliss-reactive ketones (excluding diaryl/α,β-unsaturated/α-hetero) is 1. The Hall–Kier alpha value is -6.01. The molecule has 18 heteroatoms. The fourth-order valence-electron chi connectivity index (χ4n) is 7.86. The second-order valence-electron chi connectivity index (χ2n) is 19.0. The normalized spacial score (nSPS) is 16.0. The van der Waals surface area contributed by atoms with E-state index in [1.165, 1.54) is 6.92 Å². The molecule has 1 aliphatic heterocycles. The van der Waals surface area contributed by atoms with Crippen molar-refractivity contribution in [3.8, 4) is 0 Å². The van der Waals surface area contributed by atoms with Crippen LogP contribution in [0.2, 0.25) is 0 Å². The number of hydrogen-bond donors (Lipinski definition) is 5. The summed E-state index contributed by atoms with van der Waals surface area (Å²) in [4.78, 5) is 98.7. The van der Waals surface area contributed by atoms with E-state index in [2.05, 4.69) is 36.9 Å². The molecule has 1 fully saturated rings. The Morgan fingerprint density at radius 3 is 1.90 bits per heavy atom. The topological polar surface area (TPSA) is 232 Å². The lowest BCUT2D eigenvalue weighted by Crippen LogP contribution is -2.60. The smallest absolute Gasteiger partial charge is 0.326 e. The number of amides is 5.